The van der Waals surface area contributed by atoms with E-state index in [9.17, 15) is 9.18 Å². The number of rotatable bonds is 9. The molecule has 0 fully saturated rings. The molecule has 0 bridgehead atoms. The van der Waals surface area contributed by atoms with Gasteiger partial charge in [0, 0.05) is 12.8 Å². The monoisotopic (exact) mass is 300 g/mol. The summed E-state index contributed by atoms with van der Waals surface area (Å²) < 4.78 is 28.4. The molecule has 0 aromatic heterocycles. The normalized spacial score (nSPS) is 12.1. The van der Waals surface area contributed by atoms with Crippen molar-refractivity contribution in [1.29, 1.82) is 0 Å². The summed E-state index contributed by atoms with van der Waals surface area (Å²) in [6, 6.07) is 3.98. The van der Waals surface area contributed by atoms with E-state index < -0.39 is 11.9 Å². The van der Waals surface area contributed by atoms with Crippen molar-refractivity contribution < 1.29 is 23.4 Å². The van der Waals surface area contributed by atoms with E-state index in [1.165, 1.54) is 18.2 Å². The van der Waals surface area contributed by atoms with Crippen LogP contribution in [-0.4, -0.2) is 45.5 Å². The van der Waals surface area contributed by atoms with E-state index in [0.29, 0.717) is 32.1 Å². The summed E-state index contributed by atoms with van der Waals surface area (Å²) in [5.74, 6) is -0.858. The zero-order chi connectivity index (χ0) is 15.7. The fourth-order valence-corrected chi connectivity index (χ4v) is 1.47. The van der Waals surface area contributed by atoms with Crippen LogP contribution < -0.4 is 11.1 Å². The molecule has 0 aliphatic rings. The van der Waals surface area contributed by atoms with Crippen molar-refractivity contribution in [2.75, 3.05) is 44.6 Å². The maximum atomic E-state index is 13.0. The number of methoxy groups -OCH3 is 1. The summed E-state index contributed by atoms with van der Waals surface area (Å²) >= 11 is 0. The number of carbonyl (C=O) groups excluding carboxylic acids is 1. The number of nitrogen functional groups attached to an aromatic ring is 1. The predicted molar refractivity (Wildman–Crippen MR) is 77.6 cm³/mol. The van der Waals surface area contributed by atoms with Gasteiger partial charge in [0.2, 0.25) is 0 Å². The lowest BCUT2D eigenvalue weighted by molar-refractivity contribution is -0.127. The minimum Gasteiger partial charge on any atom is -0.396 e. The average Bonchev–Trinajstić information content (AvgIpc) is 2.46. The summed E-state index contributed by atoms with van der Waals surface area (Å²) in [5.41, 5.74) is 5.83. The minimum absolute atomic E-state index is 0.0204. The van der Waals surface area contributed by atoms with Crippen LogP contribution in [0.2, 0.25) is 0 Å². The molecule has 21 heavy (non-hydrogen) atoms. The number of halogens is 1. The lowest BCUT2D eigenvalue weighted by atomic mass is 10.2. The molecule has 0 radical (unpaired) electrons. The van der Waals surface area contributed by atoms with Crippen molar-refractivity contribution >= 4 is 17.3 Å². The zero-order valence-electron chi connectivity index (χ0n) is 12.2. The number of anilines is 2. The van der Waals surface area contributed by atoms with E-state index >= 15 is 0 Å². The highest BCUT2D eigenvalue weighted by atomic mass is 19.1. The molecule has 1 unspecified atom stereocenters. The maximum absolute atomic E-state index is 13.0. The molecule has 0 spiro atoms. The molecule has 1 aromatic carbocycles. The largest absolute Gasteiger partial charge is 0.396 e. The Labute approximate surface area is 123 Å². The molecule has 0 saturated carbocycles. The number of nitrogens with one attached hydrogen (secondary N) is 1. The second-order valence-corrected chi connectivity index (χ2v) is 4.34. The van der Waals surface area contributed by atoms with Crippen LogP contribution in [-0.2, 0) is 19.0 Å². The zero-order valence-corrected chi connectivity index (χ0v) is 12.2. The first-order chi connectivity index (χ1) is 10.0. The van der Waals surface area contributed by atoms with Crippen LogP contribution in [0, 0.1) is 5.82 Å². The first kappa shape index (κ1) is 17.4. The van der Waals surface area contributed by atoms with Crippen LogP contribution >= 0.6 is 0 Å². The topological polar surface area (TPSA) is 82.8 Å². The van der Waals surface area contributed by atoms with Gasteiger partial charge in [-0.25, -0.2) is 4.39 Å². The van der Waals surface area contributed by atoms with Crippen LogP contribution in [0.3, 0.4) is 0 Å². The van der Waals surface area contributed by atoms with Crippen LogP contribution in [0.25, 0.3) is 0 Å². The molecule has 0 aliphatic carbocycles. The lowest BCUT2D eigenvalue weighted by Gasteiger charge is -2.14. The molecule has 0 heterocycles. The molecule has 118 valence electrons. The van der Waals surface area contributed by atoms with Crippen LogP contribution in [0.4, 0.5) is 15.8 Å². The minimum atomic E-state index is -0.651. The summed E-state index contributed by atoms with van der Waals surface area (Å²) in [4.78, 5) is 11.8. The van der Waals surface area contributed by atoms with Crippen molar-refractivity contribution in [3.8, 4) is 0 Å². The molecule has 1 atom stereocenters. The van der Waals surface area contributed by atoms with E-state index in [1.54, 1.807) is 14.0 Å². The van der Waals surface area contributed by atoms with E-state index in [1.807, 2.05) is 0 Å². The van der Waals surface area contributed by atoms with Crippen molar-refractivity contribution in [3.63, 3.8) is 0 Å². The number of amides is 1. The second-order valence-electron chi connectivity index (χ2n) is 4.34. The highest BCUT2D eigenvalue weighted by Gasteiger charge is 2.13. The van der Waals surface area contributed by atoms with Gasteiger partial charge in [-0.3, -0.25) is 4.79 Å². The third-order valence-electron chi connectivity index (χ3n) is 2.66. The molecular formula is C14H21FN2O4. The second kappa shape index (κ2) is 9.28. The van der Waals surface area contributed by atoms with E-state index in [4.69, 9.17) is 19.9 Å². The molecule has 7 heteroatoms. The standard InChI is InChI=1S/C14H21FN2O4/c1-10(21-8-7-20-6-5-19-2)14(18)17-11-3-4-12(15)13(16)9-11/h3-4,9-10H,5-8,16H2,1-2H3,(H,17,18). The summed E-state index contributed by atoms with van der Waals surface area (Å²) in [6.45, 7) is 3.29. The lowest BCUT2D eigenvalue weighted by Crippen LogP contribution is -2.29. The third-order valence-corrected chi connectivity index (χ3v) is 2.66. The Bertz CT molecular complexity index is 457. The quantitative estimate of drug-likeness (QED) is 0.532. The molecule has 1 rings (SSSR count). The SMILES string of the molecule is COCCOCCOC(C)C(=O)Nc1ccc(F)c(N)c1. The van der Waals surface area contributed by atoms with Gasteiger partial charge < -0.3 is 25.3 Å². The Morgan fingerprint density at radius 1 is 1.33 bits per heavy atom. The average molecular weight is 300 g/mol. The van der Waals surface area contributed by atoms with Gasteiger partial charge in [-0.2, -0.15) is 0 Å². The van der Waals surface area contributed by atoms with E-state index in [-0.39, 0.29) is 11.6 Å². The number of carbonyl (C=O) groups is 1. The molecule has 0 saturated heterocycles. The predicted octanol–water partition coefficient (Wildman–Crippen LogP) is 1.41. The third kappa shape index (κ3) is 6.52. The van der Waals surface area contributed by atoms with Gasteiger partial charge in [0.15, 0.2) is 0 Å². The first-order valence-corrected chi connectivity index (χ1v) is 6.58. The molecular weight excluding hydrogens is 279 g/mol. The van der Waals surface area contributed by atoms with Gasteiger partial charge in [0.1, 0.15) is 11.9 Å². The molecule has 6 nitrogen and oxygen atoms in total. The van der Waals surface area contributed by atoms with Crippen molar-refractivity contribution in [1.82, 2.24) is 0 Å². The smallest absolute Gasteiger partial charge is 0.253 e. The van der Waals surface area contributed by atoms with Crippen molar-refractivity contribution in [2.45, 2.75) is 13.0 Å². The maximum Gasteiger partial charge on any atom is 0.253 e. The van der Waals surface area contributed by atoms with Gasteiger partial charge in [0.25, 0.3) is 5.91 Å². The summed E-state index contributed by atoms with van der Waals surface area (Å²) in [5, 5.41) is 2.60. The number of hydrogen-bond acceptors (Lipinski definition) is 5. The highest BCUT2D eigenvalue weighted by molar-refractivity contribution is 5.94. The Kier molecular flexibility index (Phi) is 7.66. The number of benzene rings is 1. The summed E-state index contributed by atoms with van der Waals surface area (Å²) in [6.07, 6.45) is -0.651. The number of hydrogen-bond donors (Lipinski definition) is 2. The Morgan fingerprint density at radius 2 is 2.05 bits per heavy atom. The molecule has 0 aliphatic heterocycles. The van der Waals surface area contributed by atoms with Gasteiger partial charge in [-0.1, -0.05) is 0 Å². The summed E-state index contributed by atoms with van der Waals surface area (Å²) in [7, 11) is 1.59. The first-order valence-electron chi connectivity index (χ1n) is 6.58. The van der Waals surface area contributed by atoms with Crippen LogP contribution in [0.5, 0.6) is 0 Å². The van der Waals surface area contributed by atoms with E-state index in [2.05, 4.69) is 5.32 Å². The molecule has 1 aromatic rings. The van der Waals surface area contributed by atoms with Gasteiger partial charge in [-0.15, -0.1) is 0 Å². The molecule has 1 amide bonds. The van der Waals surface area contributed by atoms with Gasteiger partial charge in [-0.05, 0) is 25.1 Å². The van der Waals surface area contributed by atoms with E-state index in [0.717, 1.165) is 0 Å². The van der Waals surface area contributed by atoms with Gasteiger partial charge >= 0.3 is 0 Å². The fraction of sp³-hybridized carbons (Fsp3) is 0.500. The van der Waals surface area contributed by atoms with Gasteiger partial charge in [0.05, 0.1) is 32.1 Å². The molecule has 3 N–H and O–H groups in total. The van der Waals surface area contributed by atoms with Crippen molar-refractivity contribution in [3.05, 3.63) is 24.0 Å². The number of nitrogens with two attached hydrogens (primary N) is 1. The number of ether oxygens (including phenoxy) is 3. The Morgan fingerprint density at radius 3 is 2.71 bits per heavy atom. The van der Waals surface area contributed by atoms with Crippen molar-refractivity contribution in [2.24, 2.45) is 0 Å². The fourth-order valence-electron chi connectivity index (χ4n) is 1.47. The Balaban J connectivity index is 2.29. The van der Waals surface area contributed by atoms with Crippen LogP contribution in [0.15, 0.2) is 18.2 Å². The highest BCUT2D eigenvalue weighted by Crippen LogP contribution is 2.16. The van der Waals surface area contributed by atoms with Crippen LogP contribution in [0.1, 0.15) is 6.92 Å². The Hall–Kier alpha value is -1.70.